The maximum atomic E-state index is 13.2. The van der Waals surface area contributed by atoms with Crippen LogP contribution in [0.25, 0.3) is 11.3 Å². The number of rotatable bonds is 4. The van der Waals surface area contributed by atoms with E-state index < -0.39 is 0 Å². The summed E-state index contributed by atoms with van der Waals surface area (Å²) in [6.07, 6.45) is 2.22. The van der Waals surface area contributed by atoms with Crippen molar-refractivity contribution in [3.63, 3.8) is 0 Å². The number of aromatic nitrogens is 1. The lowest BCUT2D eigenvalue weighted by Gasteiger charge is -2.28. The van der Waals surface area contributed by atoms with Gasteiger partial charge in [0.25, 0.3) is 11.8 Å². The molecule has 0 aliphatic carbocycles. The topological polar surface area (TPSA) is 88.6 Å². The number of hydrogen-bond acceptors (Lipinski definition) is 5. The minimum Gasteiger partial charge on any atom is -0.459 e. The molecular formula is C25H20ClN3O4. The molecule has 0 bridgehead atoms. The first-order chi connectivity index (χ1) is 16.0. The second-order valence-corrected chi connectivity index (χ2v) is 8.24. The van der Waals surface area contributed by atoms with Crippen LogP contribution in [0.2, 0.25) is 5.02 Å². The van der Waals surface area contributed by atoms with Crippen LogP contribution in [-0.2, 0) is 13.0 Å². The number of fused-ring (bicyclic) bond motifs is 1. The summed E-state index contributed by atoms with van der Waals surface area (Å²) in [5.74, 6) is 0.223. The van der Waals surface area contributed by atoms with Gasteiger partial charge in [0.1, 0.15) is 17.0 Å². The van der Waals surface area contributed by atoms with E-state index in [1.807, 2.05) is 30.3 Å². The fourth-order valence-corrected chi connectivity index (χ4v) is 4.26. The maximum absolute atomic E-state index is 13.2. The molecule has 0 fully saturated rings. The standard InChI is InChI=1S/C25H20ClN3O4/c1-15-22(23(28-33-15)19-5-2-3-6-20(19)26)24(30)27-18-9-8-16-10-11-29(14-17(16)13-18)25(31)21-7-4-12-32-21/h2-9,12-13H,10-11,14H2,1H3,(H,27,30). The van der Waals surface area contributed by atoms with Crippen molar-refractivity contribution < 1.29 is 18.5 Å². The Labute approximate surface area is 194 Å². The van der Waals surface area contributed by atoms with E-state index in [-0.39, 0.29) is 11.8 Å². The first-order valence-corrected chi connectivity index (χ1v) is 10.9. The van der Waals surface area contributed by atoms with Crippen molar-refractivity contribution in [3.8, 4) is 11.3 Å². The highest BCUT2D eigenvalue weighted by Crippen LogP contribution is 2.32. The Kier molecular flexibility index (Phi) is 5.48. The van der Waals surface area contributed by atoms with Crippen molar-refractivity contribution in [2.24, 2.45) is 0 Å². The Morgan fingerprint density at radius 1 is 1.09 bits per heavy atom. The van der Waals surface area contributed by atoms with Gasteiger partial charge in [0.05, 0.1) is 11.3 Å². The number of nitrogens with one attached hydrogen (secondary N) is 1. The highest BCUT2D eigenvalue weighted by molar-refractivity contribution is 6.33. The van der Waals surface area contributed by atoms with Crippen LogP contribution < -0.4 is 5.32 Å². The molecule has 0 saturated heterocycles. The van der Waals surface area contributed by atoms with Gasteiger partial charge in [-0.25, -0.2) is 0 Å². The number of carbonyl (C=O) groups is 2. The summed E-state index contributed by atoms with van der Waals surface area (Å²) < 4.78 is 10.6. The summed E-state index contributed by atoms with van der Waals surface area (Å²) in [6, 6.07) is 16.3. The lowest BCUT2D eigenvalue weighted by atomic mass is 9.98. The Balaban J connectivity index is 1.38. The Morgan fingerprint density at radius 3 is 2.73 bits per heavy atom. The quantitative estimate of drug-likeness (QED) is 0.442. The van der Waals surface area contributed by atoms with E-state index in [1.54, 1.807) is 36.1 Å². The van der Waals surface area contributed by atoms with Gasteiger partial charge in [-0.15, -0.1) is 0 Å². The molecule has 33 heavy (non-hydrogen) atoms. The smallest absolute Gasteiger partial charge is 0.289 e. The summed E-state index contributed by atoms with van der Waals surface area (Å²) in [6.45, 7) is 2.74. The average molecular weight is 462 g/mol. The van der Waals surface area contributed by atoms with Gasteiger partial charge in [0.15, 0.2) is 5.76 Å². The van der Waals surface area contributed by atoms with E-state index >= 15 is 0 Å². The summed E-state index contributed by atoms with van der Waals surface area (Å²) in [5.41, 5.74) is 4.09. The molecule has 0 spiro atoms. The largest absolute Gasteiger partial charge is 0.459 e. The molecule has 0 atom stereocenters. The van der Waals surface area contributed by atoms with Crippen LogP contribution >= 0.6 is 11.6 Å². The second kappa shape index (κ2) is 8.60. The second-order valence-electron chi connectivity index (χ2n) is 7.83. The van der Waals surface area contributed by atoms with Crippen molar-refractivity contribution in [3.05, 3.63) is 94.1 Å². The molecule has 5 rings (SSSR count). The molecule has 1 aliphatic rings. The predicted molar refractivity (Wildman–Crippen MR) is 123 cm³/mol. The van der Waals surface area contributed by atoms with Gasteiger partial charge in [-0.3, -0.25) is 9.59 Å². The number of anilines is 1. The van der Waals surface area contributed by atoms with Crippen molar-refractivity contribution in [2.75, 3.05) is 11.9 Å². The van der Waals surface area contributed by atoms with Gasteiger partial charge in [-0.2, -0.15) is 0 Å². The minimum absolute atomic E-state index is 0.149. The molecule has 0 saturated carbocycles. The van der Waals surface area contributed by atoms with E-state index in [4.69, 9.17) is 20.5 Å². The molecule has 1 N–H and O–H groups in total. The third kappa shape index (κ3) is 4.03. The van der Waals surface area contributed by atoms with E-state index in [0.29, 0.717) is 52.1 Å². The maximum Gasteiger partial charge on any atom is 0.289 e. The van der Waals surface area contributed by atoms with Crippen molar-refractivity contribution in [1.82, 2.24) is 10.1 Å². The van der Waals surface area contributed by atoms with Crippen LogP contribution in [0.1, 0.15) is 37.8 Å². The van der Waals surface area contributed by atoms with Crippen LogP contribution in [0, 0.1) is 6.92 Å². The normalized spacial score (nSPS) is 13.0. The molecule has 4 aromatic rings. The molecule has 8 heteroatoms. The zero-order valence-electron chi connectivity index (χ0n) is 17.8. The van der Waals surface area contributed by atoms with Crippen molar-refractivity contribution >= 4 is 29.1 Å². The Morgan fingerprint density at radius 2 is 1.94 bits per heavy atom. The molecule has 2 aromatic carbocycles. The SMILES string of the molecule is Cc1onc(-c2ccccc2Cl)c1C(=O)Nc1ccc2c(c1)CN(C(=O)c1ccco1)CC2. The van der Waals surface area contributed by atoms with Crippen molar-refractivity contribution in [2.45, 2.75) is 19.9 Å². The van der Waals surface area contributed by atoms with E-state index in [9.17, 15) is 9.59 Å². The third-order valence-corrected chi connectivity index (χ3v) is 6.04. The molecule has 7 nitrogen and oxygen atoms in total. The first kappa shape index (κ1) is 21.0. The van der Waals surface area contributed by atoms with E-state index in [2.05, 4.69) is 10.5 Å². The number of nitrogens with zero attached hydrogens (tertiary/aromatic N) is 2. The van der Waals surface area contributed by atoms with Gasteiger partial charge in [-0.05, 0) is 54.8 Å². The van der Waals surface area contributed by atoms with Gasteiger partial charge >= 0.3 is 0 Å². The van der Waals surface area contributed by atoms with Crippen molar-refractivity contribution in [1.29, 1.82) is 0 Å². The van der Waals surface area contributed by atoms with E-state index in [0.717, 1.165) is 17.5 Å². The lowest BCUT2D eigenvalue weighted by molar-refractivity contribution is 0.0702. The number of benzene rings is 2. The summed E-state index contributed by atoms with van der Waals surface area (Å²) in [4.78, 5) is 27.6. The van der Waals surface area contributed by atoms with Crippen LogP contribution in [0.15, 0.2) is 69.8 Å². The van der Waals surface area contributed by atoms with Gasteiger partial charge < -0.3 is 19.2 Å². The van der Waals surface area contributed by atoms with Gasteiger partial charge in [0, 0.05) is 24.3 Å². The molecule has 2 amide bonds. The summed E-state index contributed by atoms with van der Waals surface area (Å²) >= 11 is 6.31. The lowest BCUT2D eigenvalue weighted by Crippen LogP contribution is -2.35. The molecular weight excluding hydrogens is 442 g/mol. The number of amides is 2. The zero-order chi connectivity index (χ0) is 22.9. The van der Waals surface area contributed by atoms with Gasteiger partial charge in [-0.1, -0.05) is 41.0 Å². The third-order valence-electron chi connectivity index (χ3n) is 5.71. The summed E-state index contributed by atoms with van der Waals surface area (Å²) in [5, 5.41) is 7.47. The Bertz CT molecular complexity index is 1340. The van der Waals surface area contributed by atoms with E-state index in [1.165, 1.54) is 6.26 Å². The highest BCUT2D eigenvalue weighted by Gasteiger charge is 2.25. The molecule has 1 aliphatic heterocycles. The van der Waals surface area contributed by atoms with Crippen LogP contribution in [0.4, 0.5) is 5.69 Å². The number of carbonyl (C=O) groups excluding carboxylic acids is 2. The monoisotopic (exact) mass is 461 g/mol. The number of furan rings is 1. The highest BCUT2D eigenvalue weighted by atomic mass is 35.5. The molecule has 0 radical (unpaired) electrons. The molecule has 3 heterocycles. The molecule has 2 aromatic heterocycles. The van der Waals surface area contributed by atoms with Crippen LogP contribution in [-0.4, -0.2) is 28.4 Å². The van der Waals surface area contributed by atoms with Gasteiger partial charge in [0.2, 0.25) is 0 Å². The molecule has 0 unspecified atom stereocenters. The summed E-state index contributed by atoms with van der Waals surface area (Å²) in [7, 11) is 0. The minimum atomic E-state index is -0.344. The van der Waals surface area contributed by atoms with Crippen LogP contribution in [0.5, 0.6) is 0 Å². The zero-order valence-corrected chi connectivity index (χ0v) is 18.6. The number of hydrogen-bond donors (Lipinski definition) is 1. The number of aryl methyl sites for hydroxylation is 1. The Hall–Kier alpha value is -3.84. The fraction of sp³-hybridized carbons (Fsp3) is 0.160. The fourth-order valence-electron chi connectivity index (χ4n) is 4.03. The van der Waals surface area contributed by atoms with Crippen LogP contribution in [0.3, 0.4) is 0 Å². The first-order valence-electron chi connectivity index (χ1n) is 10.5. The predicted octanol–water partition coefficient (Wildman–Crippen LogP) is 5.35. The average Bonchev–Trinajstić information content (AvgIpc) is 3.48. The number of halogens is 1. The molecule has 166 valence electrons.